The Morgan fingerprint density at radius 3 is 2.50 bits per heavy atom. The quantitative estimate of drug-likeness (QED) is 0.386. The summed E-state index contributed by atoms with van der Waals surface area (Å²) in [7, 11) is 0. The Kier molecular flexibility index (Phi) is 8.32. The number of guanidine groups is 1. The molecule has 5 heteroatoms. The van der Waals surface area contributed by atoms with Gasteiger partial charge in [-0.05, 0) is 57.2 Å². The zero-order valence-electron chi connectivity index (χ0n) is 14.7. The molecule has 0 aromatic heterocycles. The molecule has 0 bridgehead atoms. The highest BCUT2D eigenvalue weighted by Gasteiger charge is 2.24. The zero-order chi connectivity index (χ0) is 15.9. The maximum atomic E-state index is 4.89. The van der Waals surface area contributed by atoms with Gasteiger partial charge in [0.25, 0.3) is 0 Å². The van der Waals surface area contributed by atoms with Gasteiger partial charge in [-0.2, -0.15) is 0 Å². The first kappa shape index (κ1) is 19.5. The van der Waals surface area contributed by atoms with Crippen LogP contribution in [0.3, 0.4) is 0 Å². The fourth-order valence-electron chi connectivity index (χ4n) is 3.24. The minimum Gasteiger partial charge on any atom is -0.357 e. The molecular formula is C19H31IN4. The average molecular weight is 442 g/mol. The Hall–Kier alpha value is -0.820. The topological polar surface area (TPSA) is 39.7 Å². The monoisotopic (exact) mass is 442 g/mol. The highest BCUT2D eigenvalue weighted by atomic mass is 127. The molecule has 1 aliphatic heterocycles. The van der Waals surface area contributed by atoms with E-state index < -0.39 is 0 Å². The molecule has 1 aliphatic carbocycles. The van der Waals surface area contributed by atoms with Gasteiger partial charge < -0.3 is 10.6 Å². The number of nitrogens with one attached hydrogen (secondary N) is 2. The molecule has 2 N–H and O–H groups in total. The van der Waals surface area contributed by atoms with Crippen LogP contribution in [0.15, 0.2) is 35.3 Å². The van der Waals surface area contributed by atoms with Crippen LogP contribution in [0.2, 0.25) is 0 Å². The van der Waals surface area contributed by atoms with Gasteiger partial charge in [0.1, 0.15) is 0 Å². The molecule has 1 aromatic carbocycles. The fourth-order valence-corrected chi connectivity index (χ4v) is 3.24. The standard InChI is InChI=1S/C19H30N4.HI/c1-2-20-19(21-14-16-10-11-16)22-15-18(23-12-6-7-13-23)17-8-4-3-5-9-17;/h3-5,8-9,16,18H,2,6-7,10-15H2,1H3,(H2,20,21,22);1H. The number of hydrogen-bond donors (Lipinski definition) is 2. The maximum Gasteiger partial charge on any atom is 0.191 e. The first-order chi connectivity index (χ1) is 11.4. The van der Waals surface area contributed by atoms with E-state index in [9.17, 15) is 0 Å². The number of hydrogen-bond acceptors (Lipinski definition) is 2. The molecule has 0 radical (unpaired) electrons. The minimum absolute atomic E-state index is 0. The third-order valence-electron chi connectivity index (χ3n) is 4.79. The number of halogens is 1. The zero-order valence-corrected chi connectivity index (χ0v) is 17.0. The smallest absolute Gasteiger partial charge is 0.191 e. The molecule has 3 rings (SSSR count). The minimum atomic E-state index is 0. The molecule has 1 heterocycles. The van der Waals surface area contributed by atoms with E-state index in [1.807, 2.05) is 0 Å². The summed E-state index contributed by atoms with van der Waals surface area (Å²) < 4.78 is 0. The molecule has 1 saturated heterocycles. The van der Waals surface area contributed by atoms with E-state index in [4.69, 9.17) is 4.99 Å². The molecule has 1 atom stereocenters. The molecule has 0 spiro atoms. The van der Waals surface area contributed by atoms with Gasteiger partial charge in [-0.3, -0.25) is 9.89 Å². The van der Waals surface area contributed by atoms with Gasteiger partial charge in [0, 0.05) is 13.1 Å². The first-order valence-electron chi connectivity index (χ1n) is 9.18. The molecule has 2 aliphatic rings. The van der Waals surface area contributed by atoms with E-state index in [1.165, 1.54) is 44.3 Å². The van der Waals surface area contributed by atoms with Crippen LogP contribution in [0.5, 0.6) is 0 Å². The summed E-state index contributed by atoms with van der Waals surface area (Å²) in [5.41, 5.74) is 1.39. The lowest BCUT2D eigenvalue weighted by atomic mass is 10.1. The second-order valence-electron chi connectivity index (χ2n) is 6.71. The van der Waals surface area contributed by atoms with Crippen LogP contribution in [-0.2, 0) is 0 Å². The predicted molar refractivity (Wildman–Crippen MR) is 112 cm³/mol. The van der Waals surface area contributed by atoms with Crippen molar-refractivity contribution in [2.75, 3.05) is 32.7 Å². The maximum absolute atomic E-state index is 4.89. The predicted octanol–water partition coefficient (Wildman–Crippen LogP) is 3.41. The number of nitrogens with zero attached hydrogens (tertiary/aromatic N) is 2. The number of aliphatic imine (C=N–C) groups is 1. The second-order valence-corrected chi connectivity index (χ2v) is 6.71. The van der Waals surface area contributed by atoms with Gasteiger partial charge in [0.15, 0.2) is 5.96 Å². The van der Waals surface area contributed by atoms with Crippen LogP contribution < -0.4 is 10.6 Å². The molecule has 134 valence electrons. The van der Waals surface area contributed by atoms with E-state index in [-0.39, 0.29) is 24.0 Å². The number of likely N-dealkylation sites (tertiary alicyclic amines) is 1. The van der Waals surface area contributed by atoms with Crippen molar-refractivity contribution in [1.29, 1.82) is 0 Å². The number of rotatable bonds is 7. The highest BCUT2D eigenvalue weighted by Crippen LogP contribution is 2.27. The Bertz CT molecular complexity index is 495. The summed E-state index contributed by atoms with van der Waals surface area (Å²) in [5.74, 6) is 1.84. The molecular weight excluding hydrogens is 411 g/mol. The van der Waals surface area contributed by atoms with Crippen LogP contribution in [0.1, 0.15) is 44.2 Å². The Balaban J connectivity index is 0.00000208. The molecule has 1 aromatic rings. The Labute approximate surface area is 163 Å². The number of benzene rings is 1. The van der Waals surface area contributed by atoms with Crippen LogP contribution in [0.4, 0.5) is 0 Å². The van der Waals surface area contributed by atoms with Gasteiger partial charge >= 0.3 is 0 Å². The molecule has 1 unspecified atom stereocenters. The summed E-state index contributed by atoms with van der Waals surface area (Å²) in [6.07, 6.45) is 5.36. The van der Waals surface area contributed by atoms with Crippen LogP contribution in [0, 0.1) is 5.92 Å². The van der Waals surface area contributed by atoms with Crippen molar-refractivity contribution in [3.63, 3.8) is 0 Å². The van der Waals surface area contributed by atoms with Crippen LogP contribution in [0.25, 0.3) is 0 Å². The van der Waals surface area contributed by atoms with Crippen molar-refractivity contribution in [2.24, 2.45) is 10.9 Å². The third-order valence-corrected chi connectivity index (χ3v) is 4.79. The van der Waals surface area contributed by atoms with Crippen molar-refractivity contribution in [2.45, 2.75) is 38.6 Å². The lowest BCUT2D eigenvalue weighted by Crippen LogP contribution is -2.39. The summed E-state index contributed by atoms with van der Waals surface area (Å²) >= 11 is 0. The van der Waals surface area contributed by atoms with E-state index in [0.717, 1.165) is 31.5 Å². The van der Waals surface area contributed by atoms with E-state index in [0.29, 0.717) is 6.04 Å². The Morgan fingerprint density at radius 2 is 1.88 bits per heavy atom. The fraction of sp³-hybridized carbons (Fsp3) is 0.632. The normalized spacial score (nSPS) is 19.6. The first-order valence-corrected chi connectivity index (χ1v) is 9.18. The van der Waals surface area contributed by atoms with Crippen molar-refractivity contribution in [1.82, 2.24) is 15.5 Å². The Morgan fingerprint density at radius 1 is 1.17 bits per heavy atom. The van der Waals surface area contributed by atoms with Crippen molar-refractivity contribution >= 4 is 29.9 Å². The van der Waals surface area contributed by atoms with Crippen molar-refractivity contribution < 1.29 is 0 Å². The summed E-state index contributed by atoms with van der Waals surface area (Å²) in [5, 5.41) is 6.88. The van der Waals surface area contributed by atoms with E-state index >= 15 is 0 Å². The molecule has 2 fully saturated rings. The summed E-state index contributed by atoms with van der Waals surface area (Å²) in [4.78, 5) is 7.47. The summed E-state index contributed by atoms with van der Waals surface area (Å²) in [6.45, 7) is 7.32. The molecule has 0 amide bonds. The second kappa shape index (κ2) is 10.2. The lowest BCUT2D eigenvalue weighted by molar-refractivity contribution is 0.251. The lowest BCUT2D eigenvalue weighted by Gasteiger charge is -2.27. The third kappa shape index (κ3) is 5.92. The SMILES string of the molecule is CCNC(=NCC(c1ccccc1)N1CCCC1)NCC1CC1.I. The van der Waals surface area contributed by atoms with Crippen LogP contribution >= 0.6 is 24.0 Å². The summed E-state index contributed by atoms with van der Waals surface area (Å²) in [6, 6.07) is 11.2. The highest BCUT2D eigenvalue weighted by molar-refractivity contribution is 14.0. The van der Waals surface area contributed by atoms with Gasteiger partial charge in [-0.15, -0.1) is 24.0 Å². The average Bonchev–Trinajstić information content (AvgIpc) is 3.26. The van der Waals surface area contributed by atoms with E-state index in [2.05, 4.69) is 52.8 Å². The van der Waals surface area contributed by atoms with Crippen molar-refractivity contribution in [3.05, 3.63) is 35.9 Å². The van der Waals surface area contributed by atoms with Crippen molar-refractivity contribution in [3.8, 4) is 0 Å². The van der Waals surface area contributed by atoms with Crippen LogP contribution in [-0.4, -0.2) is 43.6 Å². The van der Waals surface area contributed by atoms with E-state index in [1.54, 1.807) is 0 Å². The molecule has 24 heavy (non-hydrogen) atoms. The molecule has 4 nitrogen and oxygen atoms in total. The largest absolute Gasteiger partial charge is 0.357 e. The van der Waals surface area contributed by atoms with Gasteiger partial charge in [0.2, 0.25) is 0 Å². The van der Waals surface area contributed by atoms with Gasteiger partial charge in [0.05, 0.1) is 12.6 Å². The molecule has 1 saturated carbocycles. The van der Waals surface area contributed by atoms with Gasteiger partial charge in [-0.25, -0.2) is 0 Å². The van der Waals surface area contributed by atoms with Gasteiger partial charge in [-0.1, -0.05) is 30.3 Å².